The van der Waals surface area contributed by atoms with Crippen molar-refractivity contribution in [3.05, 3.63) is 65.2 Å². The largest absolute Gasteiger partial charge is 0.0985 e. The number of hydrogen-bond donors (Lipinski definition) is 0. The van der Waals surface area contributed by atoms with Crippen molar-refractivity contribution < 1.29 is 0 Å². The number of fused-ring (bicyclic) bond motifs is 3. The Morgan fingerprint density at radius 3 is 2.71 bits per heavy atom. The van der Waals surface area contributed by atoms with E-state index in [2.05, 4.69) is 49.9 Å². The van der Waals surface area contributed by atoms with Crippen molar-refractivity contribution in [1.82, 2.24) is 0 Å². The maximum atomic E-state index is 3.96. The Morgan fingerprint density at radius 1 is 1.05 bits per heavy atom. The lowest BCUT2D eigenvalue weighted by atomic mass is 9.95. The summed E-state index contributed by atoms with van der Waals surface area (Å²) in [6.07, 6.45) is 9.58. The van der Waals surface area contributed by atoms with Crippen LogP contribution in [0.15, 0.2) is 43.0 Å². The molecule has 0 radical (unpaired) electrons. The first-order valence-corrected chi connectivity index (χ1v) is 8.20. The highest BCUT2D eigenvalue weighted by molar-refractivity contribution is 5.82. The molecule has 0 heteroatoms. The molecule has 108 valence electrons. The molecule has 0 saturated carbocycles. The van der Waals surface area contributed by atoms with E-state index in [-0.39, 0.29) is 0 Å². The number of aryl methyl sites for hydroxylation is 1. The average molecular weight is 276 g/mol. The SMILES string of the molecule is C=Cc1cccc2c1Cc1cccc(CCCCCC)c1-2. The zero-order valence-corrected chi connectivity index (χ0v) is 13.0. The number of rotatable bonds is 6. The predicted molar refractivity (Wildman–Crippen MR) is 92.6 cm³/mol. The lowest BCUT2D eigenvalue weighted by molar-refractivity contribution is 0.667. The summed E-state index contributed by atoms with van der Waals surface area (Å²) in [6.45, 7) is 6.23. The molecule has 0 atom stereocenters. The lowest BCUT2D eigenvalue weighted by Crippen LogP contribution is -1.91. The topological polar surface area (TPSA) is 0 Å². The molecule has 0 fully saturated rings. The van der Waals surface area contributed by atoms with Crippen LogP contribution >= 0.6 is 0 Å². The molecule has 1 aliphatic rings. The van der Waals surface area contributed by atoms with Crippen molar-refractivity contribution in [2.24, 2.45) is 0 Å². The molecule has 0 N–H and O–H groups in total. The second kappa shape index (κ2) is 6.30. The van der Waals surface area contributed by atoms with E-state index in [0.29, 0.717) is 0 Å². The van der Waals surface area contributed by atoms with Crippen LogP contribution in [0.2, 0.25) is 0 Å². The lowest BCUT2D eigenvalue weighted by Gasteiger charge is -2.10. The fraction of sp³-hybridized carbons (Fsp3) is 0.333. The van der Waals surface area contributed by atoms with E-state index in [9.17, 15) is 0 Å². The third-order valence-electron chi connectivity index (χ3n) is 4.61. The highest BCUT2D eigenvalue weighted by atomic mass is 14.3. The van der Waals surface area contributed by atoms with Crippen LogP contribution in [-0.2, 0) is 12.8 Å². The van der Waals surface area contributed by atoms with Crippen molar-refractivity contribution in [1.29, 1.82) is 0 Å². The molecule has 0 heterocycles. The van der Waals surface area contributed by atoms with E-state index in [1.54, 1.807) is 0 Å². The van der Waals surface area contributed by atoms with Gasteiger partial charge in [0.2, 0.25) is 0 Å². The van der Waals surface area contributed by atoms with Crippen LogP contribution in [0, 0.1) is 0 Å². The zero-order valence-electron chi connectivity index (χ0n) is 13.0. The molecule has 0 saturated heterocycles. The van der Waals surface area contributed by atoms with Gasteiger partial charge in [0.05, 0.1) is 0 Å². The van der Waals surface area contributed by atoms with Gasteiger partial charge < -0.3 is 0 Å². The molecule has 0 aliphatic heterocycles. The molecule has 21 heavy (non-hydrogen) atoms. The van der Waals surface area contributed by atoms with Crippen LogP contribution in [-0.4, -0.2) is 0 Å². The Kier molecular flexibility index (Phi) is 4.24. The fourth-order valence-electron chi connectivity index (χ4n) is 3.52. The summed E-state index contributed by atoms with van der Waals surface area (Å²) in [4.78, 5) is 0. The Balaban J connectivity index is 1.93. The Labute approximate surface area is 128 Å². The Morgan fingerprint density at radius 2 is 1.90 bits per heavy atom. The van der Waals surface area contributed by atoms with Crippen molar-refractivity contribution in [2.75, 3.05) is 0 Å². The minimum absolute atomic E-state index is 1.07. The second-order valence-electron chi connectivity index (χ2n) is 6.02. The van der Waals surface area contributed by atoms with Gasteiger partial charge in [0.25, 0.3) is 0 Å². The third-order valence-corrected chi connectivity index (χ3v) is 4.61. The molecule has 3 rings (SSSR count). The highest BCUT2D eigenvalue weighted by Crippen LogP contribution is 2.41. The summed E-state index contributed by atoms with van der Waals surface area (Å²) < 4.78 is 0. The molecule has 0 aromatic heterocycles. The van der Waals surface area contributed by atoms with E-state index < -0.39 is 0 Å². The van der Waals surface area contributed by atoms with Gasteiger partial charge in [-0.15, -0.1) is 0 Å². The smallest absolute Gasteiger partial charge is 0.000740 e. The quantitative estimate of drug-likeness (QED) is 0.483. The first-order chi connectivity index (χ1) is 10.3. The van der Waals surface area contributed by atoms with Gasteiger partial charge in [0.15, 0.2) is 0 Å². The van der Waals surface area contributed by atoms with Gasteiger partial charge in [0, 0.05) is 0 Å². The molecular formula is C21H24. The monoisotopic (exact) mass is 276 g/mol. The molecule has 0 amide bonds. The first kappa shape index (κ1) is 14.1. The van der Waals surface area contributed by atoms with Crippen LogP contribution in [0.1, 0.15) is 54.9 Å². The van der Waals surface area contributed by atoms with Crippen LogP contribution in [0.4, 0.5) is 0 Å². The molecule has 0 nitrogen and oxygen atoms in total. The third kappa shape index (κ3) is 2.68. The summed E-state index contributed by atoms with van der Waals surface area (Å²) in [6, 6.07) is 13.5. The van der Waals surface area contributed by atoms with Crippen LogP contribution in [0.5, 0.6) is 0 Å². The molecule has 2 aromatic carbocycles. The maximum Gasteiger partial charge on any atom is -0.000740 e. The minimum Gasteiger partial charge on any atom is -0.0985 e. The highest BCUT2D eigenvalue weighted by Gasteiger charge is 2.22. The molecule has 2 aromatic rings. The van der Waals surface area contributed by atoms with E-state index in [1.165, 1.54) is 65.5 Å². The molecule has 0 bridgehead atoms. The van der Waals surface area contributed by atoms with Crippen molar-refractivity contribution in [3.63, 3.8) is 0 Å². The second-order valence-corrected chi connectivity index (χ2v) is 6.02. The molecule has 1 aliphatic carbocycles. The summed E-state index contributed by atoms with van der Waals surface area (Å²) >= 11 is 0. The van der Waals surface area contributed by atoms with E-state index >= 15 is 0 Å². The van der Waals surface area contributed by atoms with Gasteiger partial charge >= 0.3 is 0 Å². The van der Waals surface area contributed by atoms with Gasteiger partial charge in [-0.3, -0.25) is 0 Å². The van der Waals surface area contributed by atoms with Crippen LogP contribution in [0.25, 0.3) is 17.2 Å². The van der Waals surface area contributed by atoms with E-state index in [4.69, 9.17) is 0 Å². The summed E-state index contributed by atoms with van der Waals surface area (Å²) in [5.74, 6) is 0. The van der Waals surface area contributed by atoms with Crippen molar-refractivity contribution in [2.45, 2.75) is 45.4 Å². The zero-order chi connectivity index (χ0) is 14.7. The number of benzene rings is 2. The van der Waals surface area contributed by atoms with Crippen LogP contribution < -0.4 is 0 Å². The number of hydrogen-bond acceptors (Lipinski definition) is 0. The van der Waals surface area contributed by atoms with Crippen molar-refractivity contribution >= 4 is 6.08 Å². The van der Waals surface area contributed by atoms with E-state index in [0.717, 1.165) is 6.42 Å². The minimum atomic E-state index is 1.07. The van der Waals surface area contributed by atoms with Gasteiger partial charge in [-0.2, -0.15) is 0 Å². The normalized spacial score (nSPS) is 12.0. The maximum absolute atomic E-state index is 3.96. The molecular weight excluding hydrogens is 252 g/mol. The van der Waals surface area contributed by atoms with Gasteiger partial charge in [-0.1, -0.05) is 75.2 Å². The number of unbranched alkanes of at least 4 members (excludes halogenated alkanes) is 3. The Hall–Kier alpha value is -1.82. The predicted octanol–water partition coefficient (Wildman–Crippen LogP) is 6.02. The summed E-state index contributed by atoms with van der Waals surface area (Å²) in [5.41, 5.74) is 8.72. The fourth-order valence-corrected chi connectivity index (χ4v) is 3.52. The van der Waals surface area contributed by atoms with E-state index in [1.807, 2.05) is 6.08 Å². The summed E-state index contributed by atoms with van der Waals surface area (Å²) in [5, 5.41) is 0. The summed E-state index contributed by atoms with van der Waals surface area (Å²) in [7, 11) is 0. The Bertz CT molecular complexity index is 649. The van der Waals surface area contributed by atoms with Gasteiger partial charge in [-0.05, 0) is 52.6 Å². The first-order valence-electron chi connectivity index (χ1n) is 8.20. The average Bonchev–Trinajstić information content (AvgIpc) is 2.90. The molecule has 0 unspecified atom stereocenters. The standard InChI is InChI=1S/C21H24/c1-3-5-6-7-10-17-12-8-13-18-15-20-16(4-2)11-9-14-19(20)21(17)18/h4,8-9,11-14H,2-3,5-7,10,15H2,1H3. The van der Waals surface area contributed by atoms with Gasteiger partial charge in [0.1, 0.15) is 0 Å². The van der Waals surface area contributed by atoms with Crippen molar-refractivity contribution in [3.8, 4) is 11.1 Å². The van der Waals surface area contributed by atoms with Crippen LogP contribution in [0.3, 0.4) is 0 Å². The van der Waals surface area contributed by atoms with Gasteiger partial charge in [-0.25, -0.2) is 0 Å². The molecule has 0 spiro atoms.